The average Bonchev–Trinajstić information content (AvgIpc) is 3.28. The number of rotatable bonds is 12. The number of hydrogen-bond donors (Lipinski definition) is 3. The SMILES string of the molecule is CCCCNC(=O)Nc1ccc2c(c1)nc(CCCC)n2Cc1ccc(-c2ccccc2OC(=O)NS(C)(=O)=O)cc1. The average molecular weight is 592 g/mol. The fourth-order valence-corrected chi connectivity index (χ4v) is 4.90. The van der Waals surface area contributed by atoms with Crippen LogP contribution in [0.5, 0.6) is 5.75 Å². The molecule has 0 aliphatic carbocycles. The summed E-state index contributed by atoms with van der Waals surface area (Å²) in [7, 11) is -3.74. The molecule has 11 heteroatoms. The van der Waals surface area contributed by atoms with Crippen molar-refractivity contribution in [1.82, 2.24) is 19.6 Å². The molecular formula is C31H37N5O5S. The normalized spacial score (nSPS) is 11.3. The third-order valence-electron chi connectivity index (χ3n) is 6.62. The quantitative estimate of drug-likeness (QED) is 0.172. The van der Waals surface area contributed by atoms with Crippen LogP contribution in [-0.2, 0) is 23.0 Å². The maximum atomic E-state index is 12.2. The van der Waals surface area contributed by atoms with Crippen molar-refractivity contribution in [3.05, 3.63) is 78.1 Å². The Balaban J connectivity index is 1.55. The van der Waals surface area contributed by atoms with E-state index in [2.05, 4.69) is 29.0 Å². The molecule has 3 aromatic carbocycles. The summed E-state index contributed by atoms with van der Waals surface area (Å²) in [5.41, 5.74) is 5.03. The van der Waals surface area contributed by atoms with E-state index in [9.17, 15) is 18.0 Å². The lowest BCUT2D eigenvalue weighted by molar-refractivity contribution is 0.207. The molecule has 1 heterocycles. The van der Waals surface area contributed by atoms with E-state index >= 15 is 0 Å². The van der Waals surface area contributed by atoms with Gasteiger partial charge >= 0.3 is 12.1 Å². The minimum absolute atomic E-state index is 0.225. The largest absolute Gasteiger partial charge is 0.426 e. The number of fused-ring (bicyclic) bond motifs is 1. The van der Waals surface area contributed by atoms with Gasteiger partial charge in [0.2, 0.25) is 10.0 Å². The lowest BCUT2D eigenvalue weighted by atomic mass is 10.0. The zero-order chi connectivity index (χ0) is 30.1. The van der Waals surface area contributed by atoms with Gasteiger partial charge in [-0.1, -0.05) is 69.2 Å². The van der Waals surface area contributed by atoms with Crippen LogP contribution in [0.25, 0.3) is 22.2 Å². The monoisotopic (exact) mass is 591 g/mol. The van der Waals surface area contributed by atoms with Gasteiger partial charge in [0.25, 0.3) is 0 Å². The minimum Gasteiger partial charge on any atom is -0.409 e. The van der Waals surface area contributed by atoms with Crippen LogP contribution in [0.3, 0.4) is 0 Å². The number of aryl methyl sites for hydroxylation is 1. The Bertz CT molecular complexity index is 1650. The predicted octanol–water partition coefficient (Wildman–Crippen LogP) is 6.06. The molecule has 0 fully saturated rings. The minimum atomic E-state index is -3.74. The molecule has 0 aliphatic heterocycles. The molecule has 3 N–H and O–H groups in total. The molecule has 0 spiro atoms. The first-order valence-electron chi connectivity index (χ1n) is 14.1. The molecule has 0 saturated heterocycles. The van der Waals surface area contributed by atoms with Gasteiger partial charge < -0.3 is 19.9 Å². The second-order valence-corrected chi connectivity index (χ2v) is 11.9. The first kappa shape index (κ1) is 30.6. The van der Waals surface area contributed by atoms with E-state index in [0.717, 1.165) is 66.3 Å². The number of benzene rings is 3. The van der Waals surface area contributed by atoms with Crippen LogP contribution in [0.15, 0.2) is 66.7 Å². The van der Waals surface area contributed by atoms with Gasteiger partial charge in [-0.15, -0.1) is 0 Å². The van der Waals surface area contributed by atoms with Crippen LogP contribution in [-0.4, -0.2) is 42.9 Å². The summed E-state index contributed by atoms with van der Waals surface area (Å²) in [6.45, 7) is 5.47. The van der Waals surface area contributed by atoms with Gasteiger partial charge in [0.15, 0.2) is 0 Å². The number of nitrogens with zero attached hydrogens (tertiary/aromatic N) is 2. The van der Waals surface area contributed by atoms with E-state index in [1.807, 2.05) is 53.3 Å². The number of aromatic nitrogens is 2. The summed E-state index contributed by atoms with van der Waals surface area (Å²) in [6.07, 6.45) is 4.67. The Kier molecular flexibility index (Phi) is 10.2. The third-order valence-corrected chi connectivity index (χ3v) is 7.16. The van der Waals surface area contributed by atoms with Gasteiger partial charge in [-0.2, -0.15) is 0 Å². The lowest BCUT2D eigenvalue weighted by Gasteiger charge is -2.12. The number of carbonyl (C=O) groups excluding carboxylic acids is 2. The number of carbonyl (C=O) groups is 2. The number of amides is 3. The van der Waals surface area contributed by atoms with Gasteiger partial charge in [-0.25, -0.2) is 27.7 Å². The highest BCUT2D eigenvalue weighted by atomic mass is 32.2. The van der Waals surface area contributed by atoms with E-state index in [4.69, 9.17) is 9.72 Å². The number of anilines is 1. The Morgan fingerprint density at radius 2 is 1.69 bits per heavy atom. The van der Waals surface area contributed by atoms with E-state index in [0.29, 0.717) is 24.3 Å². The first-order chi connectivity index (χ1) is 20.2. The zero-order valence-corrected chi connectivity index (χ0v) is 25.0. The van der Waals surface area contributed by atoms with Gasteiger partial charge in [0.1, 0.15) is 11.6 Å². The Morgan fingerprint density at radius 1 is 0.952 bits per heavy atom. The lowest BCUT2D eigenvalue weighted by Crippen LogP contribution is -2.32. The summed E-state index contributed by atoms with van der Waals surface area (Å²) < 4.78 is 32.1. The van der Waals surface area contributed by atoms with Crippen molar-refractivity contribution in [2.24, 2.45) is 0 Å². The Hall–Kier alpha value is -4.38. The molecule has 4 rings (SSSR count). The van der Waals surface area contributed by atoms with Crippen molar-refractivity contribution in [1.29, 1.82) is 0 Å². The topological polar surface area (TPSA) is 131 Å². The summed E-state index contributed by atoms with van der Waals surface area (Å²) in [5, 5.41) is 5.77. The molecule has 10 nitrogen and oxygen atoms in total. The number of ether oxygens (including phenoxy) is 1. The maximum absolute atomic E-state index is 12.2. The van der Waals surface area contributed by atoms with E-state index in [1.165, 1.54) is 0 Å². The molecule has 4 aromatic rings. The van der Waals surface area contributed by atoms with Crippen LogP contribution in [0.4, 0.5) is 15.3 Å². The number of nitrogens with one attached hydrogen (secondary N) is 3. The maximum Gasteiger partial charge on any atom is 0.426 e. The standard InChI is InChI=1S/C31H37N5O5S/c1-4-6-12-29-34-26-20-24(33-30(37)32-19-7-5-2)17-18-27(26)36(29)21-22-13-15-23(16-14-22)25-10-8-9-11-28(25)41-31(38)35-42(3,39)40/h8-11,13-18,20H,4-7,12,19,21H2,1-3H3,(H,35,38)(H2,32,33,37). The predicted molar refractivity (Wildman–Crippen MR) is 165 cm³/mol. The highest BCUT2D eigenvalue weighted by molar-refractivity contribution is 7.89. The third kappa shape index (κ3) is 8.32. The molecule has 3 amide bonds. The number of unbranched alkanes of at least 4 members (excludes halogenated alkanes) is 2. The van der Waals surface area contributed by atoms with Crippen molar-refractivity contribution < 1.29 is 22.7 Å². The summed E-state index contributed by atoms with van der Waals surface area (Å²) in [4.78, 5) is 29.2. The van der Waals surface area contributed by atoms with Crippen molar-refractivity contribution in [3.63, 3.8) is 0 Å². The fourth-order valence-electron chi connectivity index (χ4n) is 4.55. The van der Waals surface area contributed by atoms with Crippen LogP contribution >= 0.6 is 0 Å². The van der Waals surface area contributed by atoms with E-state index in [-0.39, 0.29) is 11.8 Å². The molecular weight excluding hydrogens is 554 g/mol. The fraction of sp³-hybridized carbons (Fsp3) is 0.323. The summed E-state index contributed by atoms with van der Waals surface area (Å²) in [6, 6.07) is 20.4. The molecule has 222 valence electrons. The number of sulfonamides is 1. The summed E-state index contributed by atoms with van der Waals surface area (Å²) >= 11 is 0. The van der Waals surface area contributed by atoms with Crippen molar-refractivity contribution >= 4 is 38.9 Å². The molecule has 0 bridgehead atoms. The van der Waals surface area contributed by atoms with Crippen LogP contribution in [0.1, 0.15) is 50.9 Å². The second kappa shape index (κ2) is 14.0. The van der Waals surface area contributed by atoms with Crippen LogP contribution in [0.2, 0.25) is 0 Å². The first-order valence-corrected chi connectivity index (χ1v) is 16.0. The zero-order valence-electron chi connectivity index (χ0n) is 24.1. The molecule has 0 aliphatic rings. The van der Waals surface area contributed by atoms with Gasteiger partial charge in [-0.05, 0) is 48.2 Å². The van der Waals surface area contributed by atoms with Crippen molar-refractivity contribution in [2.45, 2.75) is 52.5 Å². The smallest absolute Gasteiger partial charge is 0.409 e. The highest BCUT2D eigenvalue weighted by Crippen LogP contribution is 2.31. The van der Waals surface area contributed by atoms with Gasteiger partial charge in [-0.3, -0.25) is 0 Å². The van der Waals surface area contributed by atoms with Crippen LogP contribution < -0.4 is 20.1 Å². The Labute approximate surface area is 246 Å². The molecule has 0 unspecified atom stereocenters. The second-order valence-electron chi connectivity index (χ2n) is 10.1. The number of imidazole rings is 1. The van der Waals surface area contributed by atoms with E-state index < -0.39 is 16.1 Å². The molecule has 0 atom stereocenters. The Morgan fingerprint density at radius 3 is 2.40 bits per heavy atom. The van der Waals surface area contributed by atoms with Gasteiger partial charge in [0, 0.05) is 30.8 Å². The van der Waals surface area contributed by atoms with Crippen molar-refractivity contribution in [3.8, 4) is 16.9 Å². The molecule has 1 aromatic heterocycles. The van der Waals surface area contributed by atoms with E-state index in [1.54, 1.807) is 18.2 Å². The number of urea groups is 1. The van der Waals surface area contributed by atoms with Crippen LogP contribution in [0, 0.1) is 0 Å². The highest BCUT2D eigenvalue weighted by Gasteiger charge is 2.15. The molecule has 42 heavy (non-hydrogen) atoms. The number of hydrogen-bond acceptors (Lipinski definition) is 6. The molecule has 0 radical (unpaired) electrons. The molecule has 0 saturated carbocycles. The van der Waals surface area contributed by atoms with Crippen molar-refractivity contribution in [2.75, 3.05) is 18.1 Å². The van der Waals surface area contributed by atoms with Gasteiger partial charge in [0.05, 0.1) is 17.3 Å². The summed E-state index contributed by atoms with van der Waals surface area (Å²) in [5.74, 6) is 1.23. The number of para-hydroxylation sites is 1.